The second-order valence-corrected chi connectivity index (χ2v) is 6.69. The molecule has 0 unspecified atom stereocenters. The molecule has 1 N–H and O–H groups in total. The Morgan fingerprint density at radius 2 is 2.11 bits per heavy atom. The number of hydrogen-bond acceptors (Lipinski definition) is 5. The molecule has 0 aliphatic heterocycles. The molecule has 1 aromatic rings. The fourth-order valence-corrected chi connectivity index (χ4v) is 3.45. The van der Waals surface area contributed by atoms with Crippen molar-refractivity contribution >= 4 is 29.5 Å². The Kier molecular flexibility index (Phi) is 5.10. The van der Waals surface area contributed by atoms with Crippen LogP contribution in [0.25, 0.3) is 0 Å². The topological polar surface area (TPSA) is 63.1 Å². The minimum Gasteiger partial charge on any atom is -0.478 e. The fourth-order valence-electron chi connectivity index (χ4n) is 1.81. The zero-order chi connectivity index (χ0) is 13.8. The van der Waals surface area contributed by atoms with Gasteiger partial charge in [0.1, 0.15) is 16.4 Å². The van der Waals surface area contributed by atoms with Crippen LogP contribution in [-0.2, 0) is 0 Å². The second-order valence-electron chi connectivity index (χ2n) is 4.62. The molecule has 0 spiro atoms. The Labute approximate surface area is 121 Å². The van der Waals surface area contributed by atoms with Gasteiger partial charge in [-0.15, -0.1) is 11.8 Å². The first-order valence-corrected chi connectivity index (χ1v) is 8.75. The van der Waals surface area contributed by atoms with Crippen LogP contribution in [-0.4, -0.2) is 38.8 Å². The van der Waals surface area contributed by atoms with Gasteiger partial charge in [-0.05, 0) is 38.2 Å². The molecule has 6 heteroatoms. The third-order valence-electron chi connectivity index (χ3n) is 2.96. The average Bonchev–Trinajstić information content (AvgIpc) is 3.17. The van der Waals surface area contributed by atoms with Crippen LogP contribution in [0.4, 0.5) is 0 Å². The van der Waals surface area contributed by atoms with Crippen LogP contribution in [0.2, 0.25) is 0 Å². The highest BCUT2D eigenvalue weighted by atomic mass is 32.2. The number of hydrogen-bond donors (Lipinski definition) is 1. The highest BCUT2D eigenvalue weighted by Crippen LogP contribution is 2.39. The van der Waals surface area contributed by atoms with Crippen LogP contribution in [0.1, 0.15) is 47.1 Å². The summed E-state index contributed by atoms with van der Waals surface area (Å²) in [6, 6.07) is 0. The summed E-state index contributed by atoms with van der Waals surface area (Å²) in [5.74, 6) is 2.35. The lowest BCUT2D eigenvalue weighted by molar-refractivity contribution is 0.0690. The van der Waals surface area contributed by atoms with E-state index >= 15 is 0 Å². The molecule has 0 radical (unpaired) electrons. The summed E-state index contributed by atoms with van der Waals surface area (Å²) < 4.78 is 0. The summed E-state index contributed by atoms with van der Waals surface area (Å²) in [4.78, 5) is 20.2. The minimum absolute atomic E-state index is 0.276. The maximum atomic E-state index is 11.3. The molecule has 2 rings (SSSR count). The van der Waals surface area contributed by atoms with Crippen LogP contribution in [0.5, 0.6) is 0 Å². The molecule has 0 saturated heterocycles. The number of carboxylic acids is 1. The van der Waals surface area contributed by atoms with Gasteiger partial charge in [-0.3, -0.25) is 0 Å². The van der Waals surface area contributed by atoms with Crippen LogP contribution < -0.4 is 0 Å². The smallest absolute Gasteiger partial charge is 0.340 e. The van der Waals surface area contributed by atoms with E-state index in [1.807, 2.05) is 0 Å². The summed E-state index contributed by atoms with van der Waals surface area (Å²) in [5.41, 5.74) is 0.871. The van der Waals surface area contributed by atoms with E-state index < -0.39 is 5.97 Å². The summed E-state index contributed by atoms with van der Waals surface area (Å²) in [6.45, 7) is 1.77. The van der Waals surface area contributed by atoms with Crippen molar-refractivity contribution in [2.45, 2.75) is 37.1 Å². The van der Waals surface area contributed by atoms with Crippen molar-refractivity contribution in [1.82, 2.24) is 9.97 Å². The van der Waals surface area contributed by atoms with E-state index in [2.05, 4.69) is 16.2 Å². The number of nitrogens with zero attached hydrogens (tertiary/aromatic N) is 2. The SMILES string of the molecule is CSCCCSc1nc(C2CC2)nc(C)c1C(=O)O. The van der Waals surface area contributed by atoms with Crippen molar-refractivity contribution in [1.29, 1.82) is 0 Å². The molecule has 104 valence electrons. The van der Waals surface area contributed by atoms with Crippen molar-refractivity contribution in [2.24, 2.45) is 0 Å². The summed E-state index contributed by atoms with van der Waals surface area (Å²) in [6.07, 6.45) is 5.39. The molecule has 1 fully saturated rings. The third kappa shape index (κ3) is 3.86. The van der Waals surface area contributed by atoms with Crippen LogP contribution in [0, 0.1) is 6.92 Å². The molecule has 0 atom stereocenters. The Balaban J connectivity index is 2.18. The van der Waals surface area contributed by atoms with Crippen LogP contribution >= 0.6 is 23.5 Å². The van der Waals surface area contributed by atoms with Gasteiger partial charge in [-0.25, -0.2) is 14.8 Å². The third-order valence-corrected chi connectivity index (χ3v) is 4.72. The van der Waals surface area contributed by atoms with Crippen molar-refractivity contribution in [3.63, 3.8) is 0 Å². The minimum atomic E-state index is -0.924. The zero-order valence-electron chi connectivity index (χ0n) is 11.2. The number of rotatable bonds is 7. The van der Waals surface area contributed by atoms with Crippen molar-refractivity contribution in [3.8, 4) is 0 Å². The van der Waals surface area contributed by atoms with Gasteiger partial charge < -0.3 is 5.11 Å². The van der Waals surface area contributed by atoms with E-state index in [0.29, 0.717) is 16.6 Å². The monoisotopic (exact) mass is 298 g/mol. The number of carbonyl (C=O) groups is 1. The first-order chi connectivity index (χ1) is 9.13. The molecule has 1 heterocycles. The van der Waals surface area contributed by atoms with E-state index in [1.54, 1.807) is 30.4 Å². The summed E-state index contributed by atoms with van der Waals surface area (Å²) in [7, 11) is 0. The molecule has 19 heavy (non-hydrogen) atoms. The highest BCUT2D eigenvalue weighted by molar-refractivity contribution is 7.99. The number of aromatic carboxylic acids is 1. The van der Waals surface area contributed by atoms with Crippen molar-refractivity contribution in [3.05, 3.63) is 17.1 Å². The van der Waals surface area contributed by atoms with Gasteiger partial charge in [0.05, 0.1) is 5.69 Å². The Morgan fingerprint density at radius 3 is 2.68 bits per heavy atom. The summed E-state index contributed by atoms with van der Waals surface area (Å²) >= 11 is 3.35. The molecular weight excluding hydrogens is 280 g/mol. The highest BCUT2D eigenvalue weighted by Gasteiger charge is 2.29. The zero-order valence-corrected chi connectivity index (χ0v) is 12.8. The van der Waals surface area contributed by atoms with Gasteiger partial charge in [-0.2, -0.15) is 11.8 Å². The van der Waals surface area contributed by atoms with Crippen molar-refractivity contribution < 1.29 is 9.90 Å². The van der Waals surface area contributed by atoms with Gasteiger partial charge in [0.15, 0.2) is 0 Å². The van der Waals surface area contributed by atoms with Gasteiger partial charge in [0, 0.05) is 11.7 Å². The normalized spacial score (nSPS) is 14.6. The first kappa shape index (κ1) is 14.7. The van der Waals surface area contributed by atoms with Crippen molar-refractivity contribution in [2.75, 3.05) is 17.8 Å². The van der Waals surface area contributed by atoms with E-state index in [0.717, 1.165) is 36.6 Å². The Bertz CT molecular complexity index is 476. The molecule has 0 amide bonds. The molecule has 1 aliphatic carbocycles. The van der Waals surface area contributed by atoms with Gasteiger partial charge in [0.2, 0.25) is 0 Å². The molecule has 0 bridgehead atoms. The molecule has 1 saturated carbocycles. The number of aromatic nitrogens is 2. The number of aryl methyl sites for hydroxylation is 1. The standard InChI is InChI=1S/C13H18N2O2S2/c1-8-10(13(16)17)12(19-7-3-6-18-2)15-11(14-8)9-4-5-9/h9H,3-7H2,1-2H3,(H,16,17). The van der Waals surface area contributed by atoms with E-state index in [4.69, 9.17) is 0 Å². The second kappa shape index (κ2) is 6.61. The molecule has 4 nitrogen and oxygen atoms in total. The van der Waals surface area contributed by atoms with E-state index in [1.165, 1.54) is 0 Å². The lowest BCUT2D eigenvalue weighted by atomic mass is 10.2. The predicted octanol–water partition coefficient (Wildman–Crippen LogP) is 3.21. The number of thioether (sulfide) groups is 2. The maximum Gasteiger partial charge on any atom is 0.340 e. The Morgan fingerprint density at radius 1 is 1.37 bits per heavy atom. The predicted molar refractivity (Wildman–Crippen MR) is 79.4 cm³/mol. The lowest BCUT2D eigenvalue weighted by Gasteiger charge is -2.09. The molecule has 1 aromatic heterocycles. The molecule has 1 aliphatic rings. The van der Waals surface area contributed by atoms with Gasteiger partial charge in [0.25, 0.3) is 0 Å². The Hall–Kier alpha value is -0.750. The lowest BCUT2D eigenvalue weighted by Crippen LogP contribution is -2.09. The average molecular weight is 298 g/mol. The largest absolute Gasteiger partial charge is 0.478 e. The number of carboxylic acid groups (broad SMARTS) is 1. The maximum absolute atomic E-state index is 11.3. The van der Waals surface area contributed by atoms with Gasteiger partial charge in [-0.1, -0.05) is 0 Å². The quantitative estimate of drug-likeness (QED) is 0.474. The van der Waals surface area contributed by atoms with Crippen LogP contribution in [0.3, 0.4) is 0 Å². The van der Waals surface area contributed by atoms with Gasteiger partial charge >= 0.3 is 5.97 Å². The molecular formula is C13H18N2O2S2. The first-order valence-electron chi connectivity index (χ1n) is 6.37. The fraction of sp³-hybridized carbons (Fsp3) is 0.615. The summed E-state index contributed by atoms with van der Waals surface area (Å²) in [5, 5.41) is 9.94. The van der Waals surface area contributed by atoms with E-state index in [-0.39, 0.29) is 5.56 Å². The molecule has 0 aromatic carbocycles. The van der Waals surface area contributed by atoms with Crippen LogP contribution in [0.15, 0.2) is 5.03 Å². The van der Waals surface area contributed by atoms with E-state index in [9.17, 15) is 9.90 Å².